The molecule has 4 aliphatic carbocycles. The lowest BCUT2D eigenvalue weighted by Crippen LogP contribution is -2.34. The first kappa shape index (κ1) is 36.7. The monoisotopic (exact) mass is 807 g/mol. The minimum Gasteiger partial charge on any atom is -0.310 e. The van der Waals surface area contributed by atoms with Crippen LogP contribution in [-0.4, -0.2) is 0 Å². The molecule has 1 heteroatoms. The fourth-order valence-electron chi connectivity index (χ4n) is 12.7. The average molecular weight is 808 g/mol. The molecule has 0 saturated heterocycles. The molecular weight excluding hydrogens is 759 g/mol. The van der Waals surface area contributed by atoms with Gasteiger partial charge in [0, 0.05) is 22.4 Å². The molecule has 9 aromatic carbocycles. The van der Waals surface area contributed by atoms with Crippen molar-refractivity contribution in [3.8, 4) is 44.5 Å². The first-order valence-electron chi connectivity index (χ1n) is 23.1. The maximum absolute atomic E-state index is 2.60. The van der Waals surface area contributed by atoms with E-state index in [2.05, 4.69) is 213 Å². The number of benzene rings is 9. The van der Waals surface area contributed by atoms with Crippen molar-refractivity contribution >= 4 is 27.8 Å². The summed E-state index contributed by atoms with van der Waals surface area (Å²) in [4.78, 5) is 2.56. The summed E-state index contributed by atoms with van der Waals surface area (Å²) in [5.74, 6) is 0.529. The molecule has 13 rings (SSSR count). The van der Waals surface area contributed by atoms with E-state index in [-0.39, 0.29) is 5.41 Å². The second-order valence-corrected chi connectivity index (χ2v) is 19.0. The van der Waals surface area contributed by atoms with E-state index >= 15 is 0 Å². The second-order valence-electron chi connectivity index (χ2n) is 19.0. The Morgan fingerprint density at radius 1 is 0.413 bits per heavy atom. The molecule has 0 amide bonds. The minimum atomic E-state index is -0.509. The molecule has 0 N–H and O–H groups in total. The zero-order valence-corrected chi connectivity index (χ0v) is 36.0. The first-order chi connectivity index (χ1) is 31.0. The highest BCUT2D eigenvalue weighted by molar-refractivity contribution is 6.08. The van der Waals surface area contributed by atoms with Crippen LogP contribution in [0, 0.1) is 0 Å². The Kier molecular flexibility index (Phi) is 8.02. The van der Waals surface area contributed by atoms with Crippen molar-refractivity contribution in [1.29, 1.82) is 0 Å². The van der Waals surface area contributed by atoms with E-state index in [9.17, 15) is 0 Å². The van der Waals surface area contributed by atoms with E-state index in [1.54, 1.807) is 5.56 Å². The van der Waals surface area contributed by atoms with Gasteiger partial charge in [0.1, 0.15) is 0 Å². The van der Waals surface area contributed by atoms with Gasteiger partial charge in [-0.2, -0.15) is 0 Å². The molecule has 1 atom stereocenters. The predicted octanol–water partition coefficient (Wildman–Crippen LogP) is 16.7. The topological polar surface area (TPSA) is 3.24 Å². The Morgan fingerprint density at radius 2 is 0.952 bits per heavy atom. The lowest BCUT2D eigenvalue weighted by molar-refractivity contribution is 0.440. The van der Waals surface area contributed by atoms with Gasteiger partial charge in [-0.05, 0) is 138 Å². The number of fused-ring (bicyclic) bond motifs is 12. The Morgan fingerprint density at radius 3 is 1.67 bits per heavy atom. The van der Waals surface area contributed by atoms with Crippen LogP contribution < -0.4 is 4.90 Å². The maximum Gasteiger partial charge on any atom is 0.0729 e. The molecule has 1 nitrogen and oxygen atoms in total. The van der Waals surface area contributed by atoms with Gasteiger partial charge in [0.15, 0.2) is 0 Å². The predicted molar refractivity (Wildman–Crippen MR) is 264 cm³/mol. The third-order valence-electron chi connectivity index (χ3n) is 15.5. The molecule has 1 saturated carbocycles. The SMILES string of the molecule is CC1(C)c2ccccc2-c2ccc(N(c3ccc4c(c3)C3(c5ccccc5-4)c4ccccc4-c4cccc5ccc(C6CCCCC6)c3c45)c3ccccc3-c3ccccc3)cc21. The zero-order chi connectivity index (χ0) is 41.9. The molecule has 0 aliphatic heterocycles. The largest absolute Gasteiger partial charge is 0.310 e. The average Bonchev–Trinajstić information content (AvgIpc) is 3.76. The summed E-state index contributed by atoms with van der Waals surface area (Å²) in [6.45, 7) is 4.78. The van der Waals surface area contributed by atoms with E-state index in [0.717, 1.165) is 0 Å². The fourth-order valence-corrected chi connectivity index (χ4v) is 12.7. The van der Waals surface area contributed by atoms with Gasteiger partial charge in [-0.25, -0.2) is 0 Å². The number of anilines is 3. The molecule has 0 aromatic heterocycles. The molecular formula is C62H49N. The van der Waals surface area contributed by atoms with E-state index in [1.165, 1.54) is 138 Å². The fraction of sp³-hybridized carbons (Fsp3) is 0.161. The summed E-state index contributed by atoms with van der Waals surface area (Å²) in [5.41, 5.74) is 23.3. The van der Waals surface area contributed by atoms with Gasteiger partial charge in [-0.3, -0.25) is 0 Å². The number of para-hydroxylation sites is 1. The van der Waals surface area contributed by atoms with Crippen molar-refractivity contribution in [2.24, 2.45) is 0 Å². The third-order valence-corrected chi connectivity index (χ3v) is 15.5. The van der Waals surface area contributed by atoms with Crippen molar-refractivity contribution < 1.29 is 0 Å². The van der Waals surface area contributed by atoms with E-state index in [0.29, 0.717) is 5.92 Å². The Labute approximate surface area is 371 Å². The highest BCUT2D eigenvalue weighted by Crippen LogP contribution is 2.64. The van der Waals surface area contributed by atoms with E-state index in [4.69, 9.17) is 0 Å². The molecule has 4 aliphatic rings. The molecule has 1 fully saturated rings. The van der Waals surface area contributed by atoms with Crippen molar-refractivity contribution in [2.45, 2.75) is 62.7 Å². The smallest absolute Gasteiger partial charge is 0.0729 e. The molecule has 1 unspecified atom stereocenters. The van der Waals surface area contributed by atoms with Crippen LogP contribution >= 0.6 is 0 Å². The quantitative estimate of drug-likeness (QED) is 0.167. The lowest BCUT2D eigenvalue weighted by Gasteiger charge is -2.43. The molecule has 63 heavy (non-hydrogen) atoms. The number of rotatable bonds is 5. The zero-order valence-electron chi connectivity index (χ0n) is 36.0. The summed E-state index contributed by atoms with van der Waals surface area (Å²) in [7, 11) is 0. The van der Waals surface area contributed by atoms with Crippen molar-refractivity contribution in [2.75, 3.05) is 4.90 Å². The molecule has 302 valence electrons. The van der Waals surface area contributed by atoms with Crippen LogP contribution in [0.3, 0.4) is 0 Å². The van der Waals surface area contributed by atoms with Gasteiger partial charge in [-0.15, -0.1) is 0 Å². The van der Waals surface area contributed by atoms with Crippen molar-refractivity contribution in [1.82, 2.24) is 0 Å². The van der Waals surface area contributed by atoms with Crippen LogP contribution in [0.4, 0.5) is 17.1 Å². The number of hydrogen-bond acceptors (Lipinski definition) is 1. The standard InChI is InChI=1S/C62H49N/c1-61(2)53-28-13-9-24-47(53)50-36-33-43(38-56(50)61)63(58-31-16-12-23-45(58)40-18-5-3-6-19-40)44-34-37-51-48-25-10-14-29-54(48)62(57(51)39-44)55-30-15-11-26-49(55)52-27-17-22-42-32-35-46(60(62)59(42)52)41-20-7-4-8-21-41/h3,5-6,9-19,22-39,41H,4,7-8,20-21H2,1-2H3. The Bertz CT molecular complexity index is 3310. The maximum atomic E-state index is 2.60. The van der Waals surface area contributed by atoms with Gasteiger partial charge in [0.2, 0.25) is 0 Å². The van der Waals surface area contributed by atoms with Crippen LogP contribution in [0.15, 0.2) is 194 Å². The summed E-state index contributed by atoms with van der Waals surface area (Å²) < 4.78 is 0. The van der Waals surface area contributed by atoms with Crippen molar-refractivity contribution in [3.63, 3.8) is 0 Å². The van der Waals surface area contributed by atoms with Gasteiger partial charge in [0.25, 0.3) is 0 Å². The number of hydrogen-bond donors (Lipinski definition) is 0. The summed E-state index contributed by atoms with van der Waals surface area (Å²) in [6.07, 6.45) is 6.41. The molecule has 0 heterocycles. The Hall–Kier alpha value is -6.96. The molecule has 9 aromatic rings. The summed E-state index contributed by atoms with van der Waals surface area (Å²) in [5, 5.41) is 2.76. The van der Waals surface area contributed by atoms with Gasteiger partial charge in [-0.1, -0.05) is 197 Å². The van der Waals surface area contributed by atoms with Crippen LogP contribution in [0.2, 0.25) is 0 Å². The molecule has 0 bridgehead atoms. The van der Waals surface area contributed by atoms with Gasteiger partial charge in [0.05, 0.1) is 11.1 Å². The van der Waals surface area contributed by atoms with Gasteiger partial charge < -0.3 is 4.90 Å². The minimum absolute atomic E-state index is 0.135. The highest BCUT2D eigenvalue weighted by Gasteiger charge is 2.52. The Balaban J connectivity index is 1.13. The van der Waals surface area contributed by atoms with Crippen LogP contribution in [0.25, 0.3) is 55.3 Å². The second kappa shape index (κ2) is 13.8. The van der Waals surface area contributed by atoms with Crippen LogP contribution in [0.5, 0.6) is 0 Å². The lowest BCUT2D eigenvalue weighted by atomic mass is 9.59. The highest BCUT2D eigenvalue weighted by atomic mass is 15.1. The first-order valence-corrected chi connectivity index (χ1v) is 23.1. The molecule has 0 radical (unpaired) electrons. The third kappa shape index (κ3) is 5.11. The van der Waals surface area contributed by atoms with Gasteiger partial charge >= 0.3 is 0 Å². The molecule has 1 spiro atoms. The summed E-state index contributed by atoms with van der Waals surface area (Å²) in [6, 6.07) is 74.3. The van der Waals surface area contributed by atoms with Crippen LogP contribution in [-0.2, 0) is 10.8 Å². The van der Waals surface area contributed by atoms with Crippen molar-refractivity contribution in [3.05, 3.63) is 233 Å². The van der Waals surface area contributed by atoms with E-state index < -0.39 is 5.41 Å². The van der Waals surface area contributed by atoms with E-state index in [1.807, 2.05) is 0 Å². The van der Waals surface area contributed by atoms with Crippen LogP contribution in [0.1, 0.15) is 90.8 Å². The normalized spacial score (nSPS) is 17.5. The number of nitrogens with zero attached hydrogens (tertiary/aromatic N) is 1. The summed E-state index contributed by atoms with van der Waals surface area (Å²) >= 11 is 0.